The Labute approximate surface area is 136 Å². The number of anilines is 1. The van der Waals surface area contributed by atoms with Gasteiger partial charge in [-0.15, -0.1) is 5.10 Å². The van der Waals surface area contributed by atoms with Crippen molar-refractivity contribution >= 4 is 37.5 Å². The van der Waals surface area contributed by atoms with Crippen LogP contribution >= 0.6 is 31.9 Å². The molecular weight excluding hydrogens is 405 g/mol. The first-order chi connectivity index (χ1) is 10.1. The van der Waals surface area contributed by atoms with Gasteiger partial charge in [0.05, 0.1) is 4.47 Å². The van der Waals surface area contributed by atoms with Crippen LogP contribution in [-0.2, 0) is 0 Å². The van der Waals surface area contributed by atoms with Crippen molar-refractivity contribution in [1.82, 2.24) is 20.2 Å². The lowest BCUT2D eigenvalue weighted by atomic mass is 10.2. The van der Waals surface area contributed by atoms with E-state index in [4.69, 9.17) is 5.73 Å². The zero-order valence-electron chi connectivity index (χ0n) is 10.5. The van der Waals surface area contributed by atoms with Gasteiger partial charge in [0.1, 0.15) is 11.5 Å². The van der Waals surface area contributed by atoms with Gasteiger partial charge in [-0.25, -0.2) is 4.39 Å². The number of nitrogens with zero attached hydrogens (tertiary/aromatic N) is 4. The Bertz CT molecular complexity index is 802. The molecule has 3 aromatic rings. The van der Waals surface area contributed by atoms with E-state index in [-0.39, 0.29) is 5.69 Å². The van der Waals surface area contributed by atoms with Crippen molar-refractivity contribution in [1.29, 1.82) is 0 Å². The third-order valence-electron chi connectivity index (χ3n) is 2.88. The largest absolute Gasteiger partial charge is 0.398 e. The van der Waals surface area contributed by atoms with Crippen molar-refractivity contribution in [3.8, 4) is 17.1 Å². The van der Waals surface area contributed by atoms with E-state index in [1.165, 1.54) is 10.7 Å². The third-order valence-corrected chi connectivity index (χ3v) is 4.25. The van der Waals surface area contributed by atoms with Gasteiger partial charge in [-0.05, 0) is 56.7 Å². The zero-order valence-corrected chi connectivity index (χ0v) is 13.6. The fourth-order valence-electron chi connectivity index (χ4n) is 1.89. The van der Waals surface area contributed by atoms with E-state index in [1.807, 2.05) is 0 Å². The monoisotopic (exact) mass is 411 g/mol. The molecule has 0 spiro atoms. The quantitative estimate of drug-likeness (QED) is 0.653. The molecule has 2 N–H and O–H groups in total. The highest BCUT2D eigenvalue weighted by molar-refractivity contribution is 9.11. The summed E-state index contributed by atoms with van der Waals surface area (Å²) in [6, 6.07) is 9.90. The third kappa shape index (κ3) is 2.56. The van der Waals surface area contributed by atoms with Gasteiger partial charge in [0.15, 0.2) is 5.82 Å². The molecule has 8 heteroatoms. The first kappa shape index (κ1) is 14.2. The molecule has 0 fully saturated rings. The van der Waals surface area contributed by atoms with Crippen LogP contribution in [0.3, 0.4) is 0 Å². The van der Waals surface area contributed by atoms with Crippen molar-refractivity contribution in [2.75, 3.05) is 5.73 Å². The molecule has 0 bridgehead atoms. The van der Waals surface area contributed by atoms with E-state index < -0.39 is 5.82 Å². The molecule has 5 nitrogen and oxygen atoms in total. The van der Waals surface area contributed by atoms with Gasteiger partial charge in [-0.1, -0.05) is 22.0 Å². The van der Waals surface area contributed by atoms with Crippen LogP contribution in [0.1, 0.15) is 0 Å². The SMILES string of the molecule is Nc1cccc(-c2nnnn2-c2cc(Br)ccc2F)c1Br. The van der Waals surface area contributed by atoms with Crippen molar-refractivity contribution < 1.29 is 4.39 Å². The molecule has 1 heterocycles. The maximum Gasteiger partial charge on any atom is 0.188 e. The highest BCUT2D eigenvalue weighted by atomic mass is 79.9. The van der Waals surface area contributed by atoms with Crippen LogP contribution in [0, 0.1) is 5.82 Å². The topological polar surface area (TPSA) is 69.6 Å². The van der Waals surface area contributed by atoms with Gasteiger partial charge in [0.2, 0.25) is 0 Å². The van der Waals surface area contributed by atoms with E-state index in [9.17, 15) is 4.39 Å². The maximum absolute atomic E-state index is 14.0. The normalized spacial score (nSPS) is 10.8. The molecule has 3 rings (SSSR count). The smallest absolute Gasteiger partial charge is 0.188 e. The predicted octanol–water partition coefficient (Wildman–Crippen LogP) is 3.58. The standard InChI is InChI=1S/C13H8Br2FN5/c14-7-4-5-9(16)11(6-7)21-13(18-19-20-21)8-2-1-3-10(17)12(8)15/h1-6H,17H2. The minimum atomic E-state index is -0.424. The summed E-state index contributed by atoms with van der Waals surface area (Å²) in [5, 5.41) is 11.5. The summed E-state index contributed by atoms with van der Waals surface area (Å²) in [5.41, 5.74) is 7.34. The van der Waals surface area contributed by atoms with E-state index >= 15 is 0 Å². The minimum absolute atomic E-state index is 0.249. The van der Waals surface area contributed by atoms with Crippen molar-refractivity contribution in [3.63, 3.8) is 0 Å². The van der Waals surface area contributed by atoms with E-state index in [0.29, 0.717) is 21.5 Å². The van der Waals surface area contributed by atoms with Crippen molar-refractivity contribution in [2.45, 2.75) is 0 Å². The minimum Gasteiger partial charge on any atom is -0.398 e. The van der Waals surface area contributed by atoms with Crippen LogP contribution in [-0.4, -0.2) is 20.2 Å². The fraction of sp³-hybridized carbons (Fsp3) is 0. The molecule has 106 valence electrons. The molecule has 0 amide bonds. The highest BCUT2D eigenvalue weighted by Gasteiger charge is 2.17. The van der Waals surface area contributed by atoms with Crippen molar-refractivity contribution in [2.24, 2.45) is 0 Å². The molecule has 1 aromatic heterocycles. The van der Waals surface area contributed by atoms with Gasteiger partial charge >= 0.3 is 0 Å². The maximum atomic E-state index is 14.0. The lowest BCUT2D eigenvalue weighted by molar-refractivity contribution is 0.607. The first-order valence-corrected chi connectivity index (χ1v) is 7.44. The van der Waals surface area contributed by atoms with Gasteiger partial charge in [0, 0.05) is 15.7 Å². The molecule has 0 atom stereocenters. The van der Waals surface area contributed by atoms with Gasteiger partial charge in [-0.3, -0.25) is 0 Å². The summed E-state index contributed by atoms with van der Waals surface area (Å²) < 4.78 is 16.8. The average Bonchev–Trinajstić information content (AvgIpc) is 2.93. The molecule has 0 saturated heterocycles. The van der Waals surface area contributed by atoms with Crippen LogP contribution in [0.5, 0.6) is 0 Å². The molecule has 0 saturated carbocycles. The lowest BCUT2D eigenvalue weighted by Crippen LogP contribution is -2.03. The van der Waals surface area contributed by atoms with Crippen LogP contribution in [0.2, 0.25) is 0 Å². The summed E-state index contributed by atoms with van der Waals surface area (Å²) in [7, 11) is 0. The number of tetrazole rings is 1. The number of nitrogens with two attached hydrogens (primary N) is 1. The van der Waals surface area contributed by atoms with Crippen LogP contribution < -0.4 is 5.73 Å². The number of hydrogen-bond acceptors (Lipinski definition) is 4. The Hall–Kier alpha value is -1.80. The molecule has 0 aliphatic heterocycles. The summed E-state index contributed by atoms with van der Waals surface area (Å²) in [4.78, 5) is 0. The Kier molecular flexibility index (Phi) is 3.73. The summed E-state index contributed by atoms with van der Waals surface area (Å²) in [5.74, 6) is -0.0297. The molecule has 0 radical (unpaired) electrons. The molecule has 2 aromatic carbocycles. The van der Waals surface area contributed by atoms with Crippen LogP contribution in [0.15, 0.2) is 45.3 Å². The van der Waals surface area contributed by atoms with E-state index in [0.717, 1.165) is 4.47 Å². The van der Waals surface area contributed by atoms with Crippen LogP contribution in [0.25, 0.3) is 17.1 Å². The van der Waals surface area contributed by atoms with Gasteiger partial charge in [0.25, 0.3) is 0 Å². The second kappa shape index (κ2) is 5.53. The van der Waals surface area contributed by atoms with Gasteiger partial charge in [-0.2, -0.15) is 4.68 Å². The van der Waals surface area contributed by atoms with Crippen molar-refractivity contribution in [3.05, 3.63) is 51.2 Å². The Morgan fingerprint density at radius 3 is 2.76 bits per heavy atom. The zero-order chi connectivity index (χ0) is 15.0. The number of rotatable bonds is 2. The second-order valence-corrected chi connectivity index (χ2v) is 5.93. The highest BCUT2D eigenvalue weighted by Crippen LogP contribution is 2.32. The number of aromatic nitrogens is 4. The number of benzene rings is 2. The molecule has 0 aliphatic rings. The number of nitrogen functional groups attached to an aromatic ring is 1. The molecule has 0 aliphatic carbocycles. The fourth-order valence-corrected chi connectivity index (χ4v) is 2.68. The second-order valence-electron chi connectivity index (χ2n) is 4.22. The number of hydrogen-bond donors (Lipinski definition) is 1. The Morgan fingerprint density at radius 2 is 1.95 bits per heavy atom. The summed E-state index contributed by atoms with van der Waals surface area (Å²) >= 11 is 6.72. The molecule has 21 heavy (non-hydrogen) atoms. The van der Waals surface area contributed by atoms with E-state index in [2.05, 4.69) is 47.4 Å². The predicted molar refractivity (Wildman–Crippen MR) is 84.4 cm³/mol. The summed E-state index contributed by atoms with van der Waals surface area (Å²) in [6.07, 6.45) is 0. The van der Waals surface area contributed by atoms with Crippen LogP contribution in [0.4, 0.5) is 10.1 Å². The molecule has 0 unspecified atom stereocenters. The Morgan fingerprint density at radius 1 is 1.14 bits per heavy atom. The summed E-state index contributed by atoms with van der Waals surface area (Å²) in [6.45, 7) is 0. The van der Waals surface area contributed by atoms with E-state index in [1.54, 1.807) is 30.3 Å². The number of halogens is 3. The first-order valence-electron chi connectivity index (χ1n) is 5.86. The molecular formula is C13H8Br2FN5. The van der Waals surface area contributed by atoms with Gasteiger partial charge < -0.3 is 5.73 Å². The lowest BCUT2D eigenvalue weighted by Gasteiger charge is -2.08. The Balaban J connectivity index is 2.22. The average molecular weight is 413 g/mol.